The van der Waals surface area contributed by atoms with E-state index in [9.17, 15) is 13.2 Å². The minimum Gasteiger partial charge on any atom is -0.496 e. The molecule has 1 heterocycles. The third kappa shape index (κ3) is 4.21. The first-order valence-electron chi connectivity index (χ1n) is 9.68. The van der Waals surface area contributed by atoms with Crippen molar-refractivity contribution in [1.29, 1.82) is 0 Å². The van der Waals surface area contributed by atoms with Gasteiger partial charge in [0.1, 0.15) is 5.75 Å². The predicted octanol–water partition coefficient (Wildman–Crippen LogP) is 3.33. The molecule has 0 bridgehead atoms. The molecule has 6 nitrogen and oxygen atoms in total. The summed E-state index contributed by atoms with van der Waals surface area (Å²) in [6, 6.07) is 12.5. The molecule has 154 valence electrons. The largest absolute Gasteiger partial charge is 0.496 e. The van der Waals surface area contributed by atoms with Gasteiger partial charge in [0.05, 0.1) is 12.0 Å². The smallest absolute Gasteiger partial charge is 0.251 e. The van der Waals surface area contributed by atoms with E-state index in [0.29, 0.717) is 31.8 Å². The van der Waals surface area contributed by atoms with Gasteiger partial charge in [0, 0.05) is 37.0 Å². The third-order valence-corrected chi connectivity index (χ3v) is 7.15. The molecule has 0 radical (unpaired) electrons. The van der Waals surface area contributed by atoms with Crippen LogP contribution in [0.1, 0.15) is 25.0 Å². The maximum absolute atomic E-state index is 12.8. The first kappa shape index (κ1) is 21.1. The first-order chi connectivity index (χ1) is 13.9. The Bertz CT molecular complexity index is 1030. The number of nitrogens with zero attached hydrogens (tertiary/aromatic N) is 2. The molecule has 1 aliphatic heterocycles. The molecule has 1 amide bonds. The number of hydrogen-bond acceptors (Lipinski definition) is 4. The van der Waals surface area contributed by atoms with Crippen molar-refractivity contribution >= 4 is 27.7 Å². The second kappa shape index (κ2) is 8.80. The molecule has 2 aromatic rings. The number of amides is 1. The molecule has 0 aromatic heterocycles. The summed E-state index contributed by atoms with van der Waals surface area (Å²) in [5.74, 6) is 0.554. The molecule has 3 rings (SSSR count). The lowest BCUT2D eigenvalue weighted by atomic mass is 10.1. The Kier molecular flexibility index (Phi) is 6.39. The lowest BCUT2D eigenvalue weighted by molar-refractivity contribution is -0.114. The fourth-order valence-electron chi connectivity index (χ4n) is 3.54. The number of ether oxygens (including phenoxy) is 1. The SMILES string of the molecule is CCN(CC)S(=O)(=O)c1ccc2c(c1)CCN2C(=O)/C=C/c1ccccc1OC. The van der Waals surface area contributed by atoms with Crippen molar-refractivity contribution in [2.75, 3.05) is 31.6 Å². The summed E-state index contributed by atoms with van der Waals surface area (Å²) >= 11 is 0. The van der Waals surface area contributed by atoms with Gasteiger partial charge in [0.15, 0.2) is 0 Å². The average molecular weight is 415 g/mol. The summed E-state index contributed by atoms with van der Waals surface area (Å²) in [6.45, 7) is 5.02. The fraction of sp³-hybridized carbons (Fsp3) is 0.318. The van der Waals surface area contributed by atoms with Crippen LogP contribution in [0.4, 0.5) is 5.69 Å². The number of benzene rings is 2. The molecule has 1 aliphatic rings. The van der Waals surface area contributed by atoms with Crippen LogP contribution in [0.5, 0.6) is 5.75 Å². The first-order valence-corrected chi connectivity index (χ1v) is 11.1. The Labute approximate surface area is 172 Å². The van der Waals surface area contributed by atoms with Crippen LogP contribution in [0.3, 0.4) is 0 Å². The summed E-state index contributed by atoms with van der Waals surface area (Å²) in [5.41, 5.74) is 2.46. The van der Waals surface area contributed by atoms with Crippen molar-refractivity contribution < 1.29 is 17.9 Å². The van der Waals surface area contributed by atoms with Crippen molar-refractivity contribution in [3.63, 3.8) is 0 Å². The molecule has 0 N–H and O–H groups in total. The number of rotatable bonds is 7. The Morgan fingerprint density at radius 3 is 2.59 bits per heavy atom. The van der Waals surface area contributed by atoms with Crippen molar-refractivity contribution in [1.82, 2.24) is 4.31 Å². The van der Waals surface area contributed by atoms with Gasteiger partial charge in [0.2, 0.25) is 10.0 Å². The lowest BCUT2D eigenvalue weighted by Gasteiger charge is -2.19. The van der Waals surface area contributed by atoms with Gasteiger partial charge in [-0.1, -0.05) is 32.0 Å². The van der Waals surface area contributed by atoms with Gasteiger partial charge in [-0.3, -0.25) is 4.79 Å². The highest BCUT2D eigenvalue weighted by molar-refractivity contribution is 7.89. The summed E-state index contributed by atoms with van der Waals surface area (Å²) in [6.07, 6.45) is 3.89. The number of para-hydroxylation sites is 1. The molecule has 0 saturated heterocycles. The zero-order chi connectivity index (χ0) is 21.0. The van der Waals surface area contributed by atoms with E-state index in [-0.39, 0.29) is 10.8 Å². The minimum absolute atomic E-state index is 0.144. The van der Waals surface area contributed by atoms with Crippen LogP contribution in [0, 0.1) is 0 Å². The minimum atomic E-state index is -3.51. The monoisotopic (exact) mass is 414 g/mol. The van der Waals surface area contributed by atoms with E-state index >= 15 is 0 Å². The van der Waals surface area contributed by atoms with Crippen molar-refractivity contribution in [2.45, 2.75) is 25.2 Å². The highest BCUT2D eigenvalue weighted by Gasteiger charge is 2.27. The molecule has 0 atom stereocenters. The second-order valence-electron chi connectivity index (χ2n) is 6.70. The Morgan fingerprint density at radius 2 is 1.90 bits per heavy atom. The van der Waals surface area contributed by atoms with Crippen molar-refractivity contribution in [3.05, 3.63) is 59.7 Å². The zero-order valence-electron chi connectivity index (χ0n) is 17.0. The van der Waals surface area contributed by atoms with Gasteiger partial charge < -0.3 is 9.64 Å². The third-order valence-electron chi connectivity index (χ3n) is 5.10. The highest BCUT2D eigenvalue weighted by atomic mass is 32.2. The molecular weight excluding hydrogens is 388 g/mol. The van der Waals surface area contributed by atoms with Crippen LogP contribution in [0.25, 0.3) is 6.08 Å². The zero-order valence-corrected chi connectivity index (χ0v) is 17.8. The average Bonchev–Trinajstić information content (AvgIpc) is 3.16. The maximum atomic E-state index is 12.8. The molecule has 0 unspecified atom stereocenters. The van der Waals surface area contributed by atoms with Crippen LogP contribution < -0.4 is 9.64 Å². The van der Waals surface area contributed by atoms with Crippen LogP contribution >= 0.6 is 0 Å². The van der Waals surface area contributed by atoms with E-state index in [1.54, 1.807) is 36.3 Å². The number of carbonyl (C=O) groups excluding carboxylic acids is 1. The number of methoxy groups -OCH3 is 1. The summed E-state index contributed by atoms with van der Waals surface area (Å²) in [5, 5.41) is 0. The molecule has 2 aromatic carbocycles. The van der Waals surface area contributed by atoms with E-state index in [1.165, 1.54) is 10.4 Å². The number of hydrogen-bond donors (Lipinski definition) is 0. The number of carbonyl (C=O) groups is 1. The number of fused-ring (bicyclic) bond motifs is 1. The predicted molar refractivity (Wildman–Crippen MR) is 115 cm³/mol. The second-order valence-corrected chi connectivity index (χ2v) is 8.63. The van der Waals surface area contributed by atoms with E-state index < -0.39 is 10.0 Å². The Morgan fingerprint density at radius 1 is 1.17 bits per heavy atom. The molecule has 0 fully saturated rings. The highest BCUT2D eigenvalue weighted by Crippen LogP contribution is 2.31. The summed E-state index contributed by atoms with van der Waals surface area (Å²) in [7, 11) is -1.92. The molecule has 0 aliphatic carbocycles. The topological polar surface area (TPSA) is 66.9 Å². The maximum Gasteiger partial charge on any atom is 0.251 e. The number of sulfonamides is 1. The van der Waals surface area contributed by atoms with Gasteiger partial charge in [0.25, 0.3) is 5.91 Å². The van der Waals surface area contributed by atoms with Crippen LogP contribution in [0.2, 0.25) is 0 Å². The van der Waals surface area contributed by atoms with Crippen LogP contribution in [-0.2, 0) is 21.2 Å². The van der Waals surface area contributed by atoms with E-state index in [1.807, 2.05) is 38.1 Å². The van der Waals surface area contributed by atoms with E-state index in [4.69, 9.17) is 4.74 Å². The van der Waals surface area contributed by atoms with Crippen molar-refractivity contribution in [3.8, 4) is 5.75 Å². The molecular formula is C22H26N2O4S. The fourth-order valence-corrected chi connectivity index (χ4v) is 5.04. The normalized spacial score (nSPS) is 13.9. The summed E-state index contributed by atoms with van der Waals surface area (Å²) < 4.78 is 32.2. The quantitative estimate of drug-likeness (QED) is 0.652. The molecule has 7 heteroatoms. The standard InChI is InChI=1S/C22H26N2O4S/c1-4-23(5-2)29(26,27)19-11-12-20-18(16-19)14-15-24(20)22(25)13-10-17-8-6-7-9-21(17)28-3/h6-13,16H,4-5,14-15H2,1-3H3/b13-10+. The van der Waals surface area contributed by atoms with E-state index in [0.717, 1.165) is 16.8 Å². The molecule has 0 saturated carbocycles. The number of anilines is 1. The molecule has 29 heavy (non-hydrogen) atoms. The summed E-state index contributed by atoms with van der Waals surface area (Å²) in [4.78, 5) is 14.7. The van der Waals surface area contributed by atoms with Gasteiger partial charge in [-0.25, -0.2) is 8.42 Å². The Hall–Kier alpha value is -2.64. The van der Waals surface area contributed by atoms with Crippen LogP contribution in [0.15, 0.2) is 53.4 Å². The van der Waals surface area contributed by atoms with Crippen molar-refractivity contribution in [2.24, 2.45) is 0 Å². The van der Waals surface area contributed by atoms with Gasteiger partial charge >= 0.3 is 0 Å². The van der Waals surface area contributed by atoms with E-state index in [2.05, 4.69) is 0 Å². The molecule has 0 spiro atoms. The Balaban J connectivity index is 1.83. The van der Waals surface area contributed by atoms with Gasteiger partial charge in [-0.05, 0) is 42.3 Å². The lowest BCUT2D eigenvalue weighted by Crippen LogP contribution is -2.30. The van der Waals surface area contributed by atoms with Crippen LogP contribution in [-0.4, -0.2) is 45.4 Å². The van der Waals surface area contributed by atoms with Gasteiger partial charge in [-0.2, -0.15) is 4.31 Å². The van der Waals surface area contributed by atoms with Gasteiger partial charge in [-0.15, -0.1) is 0 Å².